The molecule has 0 radical (unpaired) electrons. The van der Waals surface area contributed by atoms with Crippen molar-refractivity contribution in [2.24, 2.45) is 0 Å². The van der Waals surface area contributed by atoms with E-state index in [0.29, 0.717) is 17.8 Å². The molecule has 1 heterocycles. The van der Waals surface area contributed by atoms with Crippen molar-refractivity contribution in [2.45, 2.75) is 19.0 Å². The number of hydrogen-bond acceptors (Lipinski definition) is 5. The summed E-state index contributed by atoms with van der Waals surface area (Å²) in [6.07, 6.45) is 0.147. The van der Waals surface area contributed by atoms with E-state index in [0.717, 1.165) is 11.3 Å². The van der Waals surface area contributed by atoms with E-state index in [4.69, 9.17) is 4.74 Å². The van der Waals surface area contributed by atoms with Crippen LogP contribution in [0.2, 0.25) is 0 Å². The number of anilines is 1. The van der Waals surface area contributed by atoms with Gasteiger partial charge < -0.3 is 14.8 Å². The number of benzene rings is 2. The van der Waals surface area contributed by atoms with Crippen molar-refractivity contribution in [2.75, 3.05) is 19.1 Å². The maximum absolute atomic E-state index is 12.7. The highest BCUT2D eigenvalue weighted by molar-refractivity contribution is 6.21. The zero-order chi connectivity index (χ0) is 19.4. The Balaban J connectivity index is 1.66. The molecule has 0 aliphatic carbocycles. The summed E-state index contributed by atoms with van der Waals surface area (Å²) < 4.78 is 9.78. The van der Waals surface area contributed by atoms with Gasteiger partial charge in [-0.3, -0.25) is 9.59 Å². The van der Waals surface area contributed by atoms with Gasteiger partial charge in [0.15, 0.2) is 6.04 Å². The largest absolute Gasteiger partial charge is 0.497 e. The molecule has 2 aromatic rings. The van der Waals surface area contributed by atoms with Gasteiger partial charge in [0.1, 0.15) is 12.3 Å². The SMILES string of the molecule is COC(=O)c1ccc(N2C(=O)C[C@@H]([NH2+]Cc3ccc(OC)cc3)C2=O)cc1. The first-order valence-corrected chi connectivity index (χ1v) is 8.55. The van der Waals surface area contributed by atoms with Crippen molar-refractivity contribution in [3.8, 4) is 5.75 Å². The van der Waals surface area contributed by atoms with Crippen LogP contribution in [0.4, 0.5) is 5.69 Å². The second-order valence-electron chi connectivity index (χ2n) is 6.20. The monoisotopic (exact) mass is 369 g/mol. The van der Waals surface area contributed by atoms with Crippen LogP contribution >= 0.6 is 0 Å². The van der Waals surface area contributed by atoms with Crippen molar-refractivity contribution in [3.05, 3.63) is 59.7 Å². The van der Waals surface area contributed by atoms with Gasteiger partial charge in [0.25, 0.3) is 5.91 Å². The van der Waals surface area contributed by atoms with Crippen LogP contribution in [0.15, 0.2) is 48.5 Å². The first-order chi connectivity index (χ1) is 13.0. The Morgan fingerprint density at radius 1 is 1.07 bits per heavy atom. The number of rotatable bonds is 6. The molecule has 1 fully saturated rings. The normalized spacial score (nSPS) is 16.5. The van der Waals surface area contributed by atoms with Gasteiger partial charge in [0.2, 0.25) is 5.91 Å². The third-order valence-corrected chi connectivity index (χ3v) is 4.53. The van der Waals surface area contributed by atoms with E-state index in [9.17, 15) is 14.4 Å². The van der Waals surface area contributed by atoms with E-state index in [1.807, 2.05) is 29.6 Å². The zero-order valence-electron chi connectivity index (χ0n) is 15.2. The molecular weight excluding hydrogens is 348 g/mol. The minimum atomic E-state index is -0.466. The van der Waals surface area contributed by atoms with Crippen LogP contribution in [0.5, 0.6) is 5.75 Å². The molecule has 2 amide bonds. The molecule has 27 heavy (non-hydrogen) atoms. The number of amides is 2. The lowest BCUT2D eigenvalue weighted by Crippen LogP contribution is -2.90. The van der Waals surface area contributed by atoms with Crippen LogP contribution in [0.25, 0.3) is 0 Å². The molecule has 1 aliphatic rings. The van der Waals surface area contributed by atoms with Crippen molar-refractivity contribution >= 4 is 23.5 Å². The molecule has 7 nitrogen and oxygen atoms in total. The van der Waals surface area contributed by atoms with E-state index < -0.39 is 12.0 Å². The van der Waals surface area contributed by atoms with Gasteiger partial charge in [-0.05, 0) is 48.5 Å². The Bertz CT molecular complexity index is 846. The van der Waals surface area contributed by atoms with Crippen molar-refractivity contribution in [1.29, 1.82) is 0 Å². The van der Waals surface area contributed by atoms with Crippen LogP contribution in [0.3, 0.4) is 0 Å². The first kappa shape index (κ1) is 18.6. The fraction of sp³-hybridized carbons (Fsp3) is 0.250. The molecule has 3 rings (SSSR count). The summed E-state index contributed by atoms with van der Waals surface area (Å²) >= 11 is 0. The molecule has 2 N–H and O–H groups in total. The van der Waals surface area contributed by atoms with Crippen LogP contribution in [-0.4, -0.2) is 38.0 Å². The number of ether oxygens (including phenoxy) is 2. The number of methoxy groups -OCH3 is 2. The Kier molecular flexibility index (Phi) is 5.52. The predicted octanol–water partition coefficient (Wildman–Crippen LogP) is 0.877. The highest BCUT2D eigenvalue weighted by Crippen LogP contribution is 2.22. The molecule has 0 saturated carbocycles. The first-order valence-electron chi connectivity index (χ1n) is 8.55. The highest BCUT2D eigenvalue weighted by atomic mass is 16.5. The van der Waals surface area contributed by atoms with Crippen molar-refractivity contribution in [3.63, 3.8) is 0 Å². The molecule has 2 aromatic carbocycles. The standard InChI is InChI=1S/C20H20N2O5/c1-26-16-9-3-13(4-10-16)12-21-17-11-18(23)22(19(17)24)15-7-5-14(6-8-15)20(25)27-2/h3-10,17,21H,11-12H2,1-2H3/p+1/t17-/m1/s1. The van der Waals surface area contributed by atoms with Gasteiger partial charge in [-0.15, -0.1) is 0 Å². The van der Waals surface area contributed by atoms with Gasteiger partial charge in [-0.1, -0.05) is 0 Å². The van der Waals surface area contributed by atoms with Crippen molar-refractivity contribution in [1.82, 2.24) is 0 Å². The highest BCUT2D eigenvalue weighted by Gasteiger charge is 2.42. The minimum absolute atomic E-state index is 0.147. The third-order valence-electron chi connectivity index (χ3n) is 4.53. The van der Waals surface area contributed by atoms with Crippen LogP contribution in [-0.2, 0) is 20.9 Å². The van der Waals surface area contributed by atoms with Gasteiger partial charge in [-0.25, -0.2) is 9.69 Å². The number of nitrogens with zero attached hydrogens (tertiary/aromatic N) is 1. The molecule has 1 saturated heterocycles. The van der Waals surface area contributed by atoms with Crippen LogP contribution in [0, 0.1) is 0 Å². The van der Waals surface area contributed by atoms with Crippen LogP contribution in [0.1, 0.15) is 22.3 Å². The molecule has 7 heteroatoms. The van der Waals surface area contributed by atoms with Gasteiger partial charge in [0, 0.05) is 5.56 Å². The summed E-state index contributed by atoms with van der Waals surface area (Å²) in [5.41, 5.74) is 1.86. The van der Waals surface area contributed by atoms with E-state index in [1.165, 1.54) is 24.1 Å². The van der Waals surface area contributed by atoms with E-state index in [-0.39, 0.29) is 18.2 Å². The molecule has 0 bridgehead atoms. The fourth-order valence-corrected chi connectivity index (χ4v) is 3.02. The Morgan fingerprint density at radius 3 is 2.33 bits per heavy atom. The molecular formula is C20H21N2O5+. The summed E-state index contributed by atoms with van der Waals surface area (Å²) in [6, 6.07) is 13.4. The van der Waals surface area contributed by atoms with E-state index in [1.54, 1.807) is 19.2 Å². The van der Waals surface area contributed by atoms with Gasteiger partial charge in [0.05, 0.1) is 31.9 Å². The average molecular weight is 369 g/mol. The number of imide groups is 1. The summed E-state index contributed by atoms with van der Waals surface area (Å²) in [4.78, 5) is 37.7. The molecule has 0 spiro atoms. The van der Waals surface area contributed by atoms with Crippen molar-refractivity contribution < 1.29 is 29.2 Å². The Morgan fingerprint density at radius 2 is 1.74 bits per heavy atom. The second kappa shape index (κ2) is 8.01. The number of esters is 1. The Labute approximate surface area is 156 Å². The van der Waals surface area contributed by atoms with E-state index >= 15 is 0 Å². The topological polar surface area (TPSA) is 89.5 Å². The molecule has 140 valence electrons. The van der Waals surface area contributed by atoms with Crippen LogP contribution < -0.4 is 15.0 Å². The lowest BCUT2D eigenvalue weighted by atomic mass is 10.2. The van der Waals surface area contributed by atoms with E-state index in [2.05, 4.69) is 4.74 Å². The molecule has 0 unspecified atom stereocenters. The Hall–Kier alpha value is -3.19. The molecule has 1 atom stereocenters. The zero-order valence-corrected chi connectivity index (χ0v) is 15.2. The number of carbonyl (C=O) groups is 3. The number of hydrogen-bond donors (Lipinski definition) is 1. The smallest absolute Gasteiger partial charge is 0.337 e. The average Bonchev–Trinajstić information content (AvgIpc) is 2.99. The van der Waals surface area contributed by atoms with Gasteiger partial charge >= 0.3 is 5.97 Å². The maximum Gasteiger partial charge on any atom is 0.337 e. The molecule has 0 aromatic heterocycles. The number of nitrogens with two attached hydrogens (primary N) is 1. The van der Waals surface area contributed by atoms with Gasteiger partial charge in [-0.2, -0.15) is 0 Å². The predicted molar refractivity (Wildman–Crippen MR) is 97.3 cm³/mol. The minimum Gasteiger partial charge on any atom is -0.497 e. The third kappa shape index (κ3) is 3.98. The second-order valence-corrected chi connectivity index (χ2v) is 6.20. The number of quaternary nitrogens is 1. The lowest BCUT2D eigenvalue weighted by Gasteiger charge is -2.14. The lowest BCUT2D eigenvalue weighted by molar-refractivity contribution is -0.690. The fourth-order valence-electron chi connectivity index (χ4n) is 3.02. The quantitative estimate of drug-likeness (QED) is 0.603. The summed E-state index contributed by atoms with van der Waals surface area (Å²) in [6.45, 7) is 0.586. The molecule has 1 aliphatic heterocycles. The maximum atomic E-state index is 12.7. The summed E-state index contributed by atoms with van der Waals surface area (Å²) in [5.74, 6) is -0.195. The number of carbonyl (C=O) groups excluding carboxylic acids is 3. The summed E-state index contributed by atoms with van der Waals surface area (Å²) in [5, 5.41) is 1.87. The summed E-state index contributed by atoms with van der Waals surface area (Å²) in [7, 11) is 2.91.